The maximum atomic E-state index is 11.5. The van der Waals surface area contributed by atoms with E-state index in [0.717, 1.165) is 5.69 Å². The number of carbonyl (C=O) groups is 1. The Morgan fingerprint density at radius 3 is 2.67 bits per heavy atom. The molecule has 2 rings (SSSR count). The van der Waals surface area contributed by atoms with E-state index in [1.807, 2.05) is 24.1 Å². The highest BCUT2D eigenvalue weighted by Crippen LogP contribution is 2.20. The molecule has 1 aromatic heterocycles. The average Bonchev–Trinajstić information content (AvgIpc) is 2.87. The van der Waals surface area contributed by atoms with Crippen LogP contribution >= 0.6 is 0 Å². The third-order valence-corrected chi connectivity index (χ3v) is 3.17. The monoisotopic (exact) mass is 284 g/mol. The van der Waals surface area contributed by atoms with Crippen molar-refractivity contribution in [3.05, 3.63) is 53.0 Å². The molecule has 1 aromatic carbocycles. The van der Waals surface area contributed by atoms with E-state index < -0.39 is 0 Å². The van der Waals surface area contributed by atoms with Crippen LogP contribution in [0.2, 0.25) is 0 Å². The third kappa shape index (κ3) is 3.22. The number of nitrogens with one attached hydrogen (secondary N) is 1. The summed E-state index contributed by atoms with van der Waals surface area (Å²) in [6.45, 7) is 2.22. The molecule has 0 atom stereocenters. The lowest BCUT2D eigenvalue weighted by Crippen LogP contribution is -2.30. The first-order chi connectivity index (χ1) is 10.0. The van der Waals surface area contributed by atoms with Gasteiger partial charge >= 0.3 is 0 Å². The van der Waals surface area contributed by atoms with Crippen molar-refractivity contribution in [1.82, 2.24) is 5.43 Å². The largest absolute Gasteiger partial charge is 0.464 e. The molecule has 0 radical (unpaired) electrons. The van der Waals surface area contributed by atoms with Crippen LogP contribution in [0.1, 0.15) is 27.4 Å². The predicted molar refractivity (Wildman–Crippen MR) is 78.4 cm³/mol. The summed E-state index contributed by atoms with van der Waals surface area (Å²) in [5.74, 6) is 5.95. The van der Waals surface area contributed by atoms with Crippen molar-refractivity contribution in [3.63, 3.8) is 0 Å². The van der Waals surface area contributed by atoms with Crippen LogP contribution in [0, 0.1) is 18.3 Å². The summed E-state index contributed by atoms with van der Waals surface area (Å²) < 4.78 is 5.56. The molecule has 0 unspecified atom stereocenters. The van der Waals surface area contributed by atoms with Gasteiger partial charge in [-0.15, -0.1) is 0 Å². The van der Waals surface area contributed by atoms with E-state index in [2.05, 4.69) is 11.5 Å². The second-order valence-electron chi connectivity index (χ2n) is 4.67. The van der Waals surface area contributed by atoms with Gasteiger partial charge in [0.1, 0.15) is 11.5 Å². The Kier molecular flexibility index (Phi) is 4.26. The third-order valence-electron chi connectivity index (χ3n) is 3.17. The van der Waals surface area contributed by atoms with Crippen molar-refractivity contribution in [3.8, 4) is 6.07 Å². The summed E-state index contributed by atoms with van der Waals surface area (Å²) in [7, 11) is 1.90. The maximum absolute atomic E-state index is 11.5. The van der Waals surface area contributed by atoms with Crippen LogP contribution in [0.5, 0.6) is 0 Å². The molecule has 0 saturated carbocycles. The van der Waals surface area contributed by atoms with Crippen LogP contribution in [-0.4, -0.2) is 13.0 Å². The molecule has 2 aromatic rings. The minimum absolute atomic E-state index is 0.372. The summed E-state index contributed by atoms with van der Waals surface area (Å²) in [6.07, 6.45) is 0. The first kappa shape index (κ1) is 14.6. The predicted octanol–water partition coefficient (Wildman–Crippen LogP) is 1.70. The minimum Gasteiger partial charge on any atom is -0.464 e. The van der Waals surface area contributed by atoms with E-state index in [0.29, 0.717) is 29.2 Å². The Labute approximate surface area is 122 Å². The molecule has 1 heterocycles. The van der Waals surface area contributed by atoms with E-state index in [1.165, 1.54) is 0 Å². The van der Waals surface area contributed by atoms with Gasteiger partial charge in [0.15, 0.2) is 0 Å². The van der Waals surface area contributed by atoms with E-state index in [4.69, 9.17) is 15.5 Å². The van der Waals surface area contributed by atoms with Crippen LogP contribution in [0.3, 0.4) is 0 Å². The van der Waals surface area contributed by atoms with E-state index in [1.54, 1.807) is 25.1 Å². The number of hydrogen-bond donors (Lipinski definition) is 2. The van der Waals surface area contributed by atoms with Gasteiger partial charge in [-0.3, -0.25) is 10.2 Å². The fourth-order valence-electron chi connectivity index (χ4n) is 2.04. The highest BCUT2D eigenvalue weighted by atomic mass is 16.3. The van der Waals surface area contributed by atoms with Crippen molar-refractivity contribution >= 4 is 11.6 Å². The lowest BCUT2D eigenvalue weighted by Gasteiger charge is -2.17. The molecule has 3 N–H and O–H groups in total. The van der Waals surface area contributed by atoms with Crippen molar-refractivity contribution in [2.45, 2.75) is 13.5 Å². The van der Waals surface area contributed by atoms with Crippen LogP contribution in [0.15, 0.2) is 34.7 Å². The van der Waals surface area contributed by atoms with Gasteiger partial charge in [0, 0.05) is 12.7 Å². The van der Waals surface area contributed by atoms with Crippen molar-refractivity contribution in [1.29, 1.82) is 5.26 Å². The van der Waals surface area contributed by atoms with Gasteiger partial charge in [-0.05, 0) is 37.3 Å². The number of nitriles is 1. The number of benzene rings is 1. The van der Waals surface area contributed by atoms with Gasteiger partial charge < -0.3 is 9.32 Å². The number of aryl methyl sites for hydroxylation is 1. The van der Waals surface area contributed by atoms with E-state index in [-0.39, 0.29) is 5.91 Å². The SMILES string of the molecule is Cc1oc(CN(C)c2ccc(C#N)cc2)cc1C(=O)NN. The highest BCUT2D eigenvalue weighted by molar-refractivity contribution is 5.94. The first-order valence-corrected chi connectivity index (χ1v) is 6.36. The van der Waals surface area contributed by atoms with E-state index in [9.17, 15) is 4.79 Å². The topological polar surface area (TPSA) is 95.3 Å². The van der Waals surface area contributed by atoms with Crippen LogP contribution in [0.25, 0.3) is 0 Å². The summed E-state index contributed by atoms with van der Waals surface area (Å²) in [5.41, 5.74) is 4.09. The number of rotatable bonds is 4. The highest BCUT2D eigenvalue weighted by Gasteiger charge is 2.15. The zero-order valence-electron chi connectivity index (χ0n) is 11.9. The normalized spacial score (nSPS) is 10.0. The molecular formula is C15H16N4O2. The molecule has 0 aliphatic heterocycles. The van der Waals surface area contributed by atoms with Crippen molar-refractivity contribution in [2.75, 3.05) is 11.9 Å². The number of nitrogen functional groups attached to an aromatic ring is 1. The molecule has 0 aliphatic carbocycles. The van der Waals surface area contributed by atoms with Crippen LogP contribution in [0.4, 0.5) is 5.69 Å². The van der Waals surface area contributed by atoms with Gasteiger partial charge in [-0.25, -0.2) is 5.84 Å². The molecule has 0 aliphatic rings. The Balaban J connectivity index is 2.14. The van der Waals surface area contributed by atoms with Crippen molar-refractivity contribution < 1.29 is 9.21 Å². The summed E-state index contributed by atoms with van der Waals surface area (Å²) >= 11 is 0. The van der Waals surface area contributed by atoms with Crippen LogP contribution < -0.4 is 16.2 Å². The van der Waals surface area contributed by atoms with Gasteiger partial charge in [-0.2, -0.15) is 5.26 Å². The van der Waals surface area contributed by atoms with Gasteiger partial charge in [-0.1, -0.05) is 0 Å². The van der Waals surface area contributed by atoms with Gasteiger partial charge in [0.2, 0.25) is 0 Å². The first-order valence-electron chi connectivity index (χ1n) is 6.36. The van der Waals surface area contributed by atoms with E-state index >= 15 is 0 Å². The molecule has 0 spiro atoms. The number of carbonyl (C=O) groups excluding carboxylic acids is 1. The molecule has 6 nitrogen and oxygen atoms in total. The Morgan fingerprint density at radius 1 is 1.43 bits per heavy atom. The molecule has 21 heavy (non-hydrogen) atoms. The standard InChI is InChI=1S/C15H16N4O2/c1-10-14(15(20)18-17)7-13(21-10)9-19(2)12-5-3-11(8-16)4-6-12/h3-7H,9,17H2,1-2H3,(H,18,20). The lowest BCUT2D eigenvalue weighted by molar-refractivity contribution is 0.0952. The number of hydrazine groups is 1. The molecule has 1 amide bonds. The van der Waals surface area contributed by atoms with Gasteiger partial charge in [0.05, 0.1) is 23.7 Å². The smallest absolute Gasteiger partial charge is 0.268 e. The molecule has 0 saturated heterocycles. The fraction of sp³-hybridized carbons (Fsp3) is 0.200. The van der Waals surface area contributed by atoms with Crippen LogP contribution in [-0.2, 0) is 6.54 Å². The molecule has 0 fully saturated rings. The van der Waals surface area contributed by atoms with Crippen molar-refractivity contribution in [2.24, 2.45) is 5.84 Å². The molecular weight excluding hydrogens is 268 g/mol. The summed E-state index contributed by atoms with van der Waals surface area (Å²) in [5, 5.41) is 8.78. The number of amides is 1. The summed E-state index contributed by atoms with van der Waals surface area (Å²) in [4.78, 5) is 13.5. The Hall–Kier alpha value is -2.78. The van der Waals surface area contributed by atoms with Gasteiger partial charge in [0.25, 0.3) is 5.91 Å². The summed E-state index contributed by atoms with van der Waals surface area (Å²) in [6, 6.07) is 11.0. The number of nitrogens with two attached hydrogens (primary N) is 1. The fourth-order valence-corrected chi connectivity index (χ4v) is 2.04. The second kappa shape index (κ2) is 6.11. The Morgan fingerprint density at radius 2 is 2.10 bits per heavy atom. The number of anilines is 1. The number of hydrogen-bond acceptors (Lipinski definition) is 5. The lowest BCUT2D eigenvalue weighted by atomic mass is 10.2. The number of nitrogens with zero attached hydrogens (tertiary/aromatic N) is 2. The molecule has 108 valence electrons. The maximum Gasteiger partial charge on any atom is 0.268 e. The molecule has 0 bridgehead atoms. The zero-order chi connectivity index (χ0) is 15.4. The minimum atomic E-state index is -0.372. The second-order valence-corrected chi connectivity index (χ2v) is 4.67. The number of furan rings is 1. The zero-order valence-corrected chi connectivity index (χ0v) is 11.9. The Bertz CT molecular complexity index is 683. The average molecular weight is 284 g/mol. The quantitative estimate of drug-likeness (QED) is 0.506. The molecule has 6 heteroatoms.